The summed E-state index contributed by atoms with van der Waals surface area (Å²) in [4.78, 5) is 15.1. The van der Waals surface area contributed by atoms with Crippen molar-refractivity contribution < 1.29 is 9.31 Å². The topological polar surface area (TPSA) is 108 Å². The Hall–Kier alpha value is -4.16. The number of hydrogen-bond acceptors (Lipinski definition) is 6. The van der Waals surface area contributed by atoms with Gasteiger partial charge in [0.2, 0.25) is 0 Å². The molecule has 9 heteroatoms. The van der Waals surface area contributed by atoms with Crippen LogP contribution in [-0.4, -0.2) is 20.1 Å². The molecule has 0 radical (unpaired) electrons. The summed E-state index contributed by atoms with van der Waals surface area (Å²) in [5.41, 5.74) is 3.41. The fourth-order valence-corrected chi connectivity index (χ4v) is 3.65. The predicted octanol–water partition coefficient (Wildman–Crippen LogP) is 5.31. The second kappa shape index (κ2) is 8.06. The molecular weight excluding hydrogens is 405 g/mol. The van der Waals surface area contributed by atoms with Gasteiger partial charge in [-0.2, -0.15) is 10.4 Å². The molecule has 0 aliphatic carbocycles. The van der Waals surface area contributed by atoms with Gasteiger partial charge in [-0.05, 0) is 30.3 Å². The number of halogens is 1. The summed E-state index contributed by atoms with van der Waals surface area (Å²) in [6.45, 7) is 0. The predicted molar refractivity (Wildman–Crippen MR) is 112 cm³/mol. The first-order chi connectivity index (χ1) is 14.5. The van der Waals surface area contributed by atoms with Crippen LogP contribution in [0.3, 0.4) is 0 Å². The van der Waals surface area contributed by atoms with E-state index in [1.54, 1.807) is 41.9 Å². The molecule has 0 fully saturated rings. The Kier molecular flexibility index (Phi) is 5.15. The van der Waals surface area contributed by atoms with Crippen molar-refractivity contribution in [1.29, 1.82) is 5.26 Å². The van der Waals surface area contributed by atoms with Gasteiger partial charge < -0.3 is 0 Å². The molecule has 146 valence electrons. The lowest BCUT2D eigenvalue weighted by Gasteiger charge is -2.01. The average molecular weight is 417 g/mol. The molecule has 0 aliphatic rings. The maximum absolute atomic E-state index is 13.1. The van der Waals surface area contributed by atoms with Crippen molar-refractivity contribution in [3.8, 4) is 28.6 Å². The highest BCUT2D eigenvalue weighted by molar-refractivity contribution is 7.11. The molecule has 7 nitrogen and oxygen atoms in total. The monoisotopic (exact) mass is 417 g/mol. The van der Waals surface area contributed by atoms with Crippen molar-refractivity contribution in [2.75, 3.05) is 0 Å². The number of nitro benzene ring substituents is 1. The van der Waals surface area contributed by atoms with Gasteiger partial charge in [-0.15, -0.1) is 11.3 Å². The highest BCUT2D eigenvalue weighted by Gasteiger charge is 2.14. The summed E-state index contributed by atoms with van der Waals surface area (Å²) in [5.74, 6) is -0.333. The van der Waals surface area contributed by atoms with Crippen molar-refractivity contribution in [3.05, 3.63) is 86.6 Å². The summed E-state index contributed by atoms with van der Waals surface area (Å²) < 4.78 is 13.1. The normalized spacial score (nSPS) is 11.3. The Morgan fingerprint density at radius 1 is 1.23 bits per heavy atom. The fraction of sp³-hybridized carbons (Fsp3) is 0. The van der Waals surface area contributed by atoms with Gasteiger partial charge in [0.15, 0.2) is 0 Å². The zero-order valence-electron chi connectivity index (χ0n) is 15.2. The summed E-state index contributed by atoms with van der Waals surface area (Å²) in [6.07, 6.45) is 3.17. The van der Waals surface area contributed by atoms with E-state index in [1.165, 1.54) is 35.6 Å². The van der Waals surface area contributed by atoms with Crippen LogP contribution in [0.1, 0.15) is 10.6 Å². The van der Waals surface area contributed by atoms with Gasteiger partial charge in [-0.1, -0.05) is 12.1 Å². The summed E-state index contributed by atoms with van der Waals surface area (Å²) in [5, 5.41) is 29.8. The number of nitrogens with zero attached hydrogens (tertiary/aromatic N) is 4. The Morgan fingerprint density at radius 3 is 2.77 bits per heavy atom. The lowest BCUT2D eigenvalue weighted by molar-refractivity contribution is -0.384. The minimum atomic E-state index is -0.470. The Labute approximate surface area is 173 Å². The minimum Gasteiger partial charge on any atom is -0.277 e. The van der Waals surface area contributed by atoms with E-state index in [9.17, 15) is 19.8 Å². The minimum absolute atomic E-state index is 0.0404. The molecule has 4 rings (SSSR count). The number of nitriles is 1. The highest BCUT2D eigenvalue weighted by Crippen LogP contribution is 2.30. The molecule has 0 atom stereocenters. The third-order valence-electron chi connectivity index (χ3n) is 4.31. The van der Waals surface area contributed by atoms with Crippen molar-refractivity contribution >= 4 is 28.7 Å². The Balaban J connectivity index is 1.69. The number of nitrogens with one attached hydrogen (secondary N) is 1. The van der Waals surface area contributed by atoms with Crippen molar-refractivity contribution in [3.63, 3.8) is 0 Å². The van der Waals surface area contributed by atoms with Gasteiger partial charge in [-0.25, -0.2) is 9.37 Å². The Morgan fingerprint density at radius 2 is 2.03 bits per heavy atom. The number of hydrogen-bond donors (Lipinski definition) is 1. The van der Waals surface area contributed by atoms with Gasteiger partial charge >= 0.3 is 0 Å². The maximum atomic E-state index is 13.1. The van der Waals surface area contributed by atoms with E-state index >= 15 is 0 Å². The van der Waals surface area contributed by atoms with Crippen LogP contribution in [0.25, 0.3) is 34.2 Å². The summed E-state index contributed by atoms with van der Waals surface area (Å²) in [6, 6.07) is 14.2. The molecule has 2 heterocycles. The SMILES string of the molecule is N#CC(=Cc1cn[nH]c1-c1cccc([N+](=O)[O-])c1)c1nc(-c2ccc(F)cc2)cs1. The molecule has 0 saturated carbocycles. The molecule has 0 unspecified atom stereocenters. The number of H-pyrrole nitrogens is 1. The second-order valence-electron chi connectivity index (χ2n) is 6.22. The van der Waals surface area contributed by atoms with E-state index in [0.29, 0.717) is 33.1 Å². The number of nitro groups is 1. The van der Waals surface area contributed by atoms with Gasteiger partial charge in [-0.3, -0.25) is 15.2 Å². The van der Waals surface area contributed by atoms with E-state index in [0.717, 1.165) is 5.56 Å². The van der Waals surface area contributed by atoms with Crippen LogP contribution in [0.5, 0.6) is 0 Å². The van der Waals surface area contributed by atoms with Crippen molar-refractivity contribution in [2.45, 2.75) is 0 Å². The molecule has 0 amide bonds. The van der Waals surface area contributed by atoms with E-state index < -0.39 is 4.92 Å². The van der Waals surface area contributed by atoms with Crippen LogP contribution < -0.4 is 0 Å². The van der Waals surface area contributed by atoms with Gasteiger partial charge in [0.25, 0.3) is 5.69 Å². The molecule has 2 aromatic heterocycles. The summed E-state index contributed by atoms with van der Waals surface area (Å²) in [7, 11) is 0. The zero-order chi connectivity index (χ0) is 21.1. The van der Waals surface area contributed by atoms with Crippen LogP contribution in [0.4, 0.5) is 10.1 Å². The summed E-state index contributed by atoms with van der Waals surface area (Å²) >= 11 is 1.30. The zero-order valence-corrected chi connectivity index (χ0v) is 16.1. The van der Waals surface area contributed by atoms with Crippen LogP contribution in [0, 0.1) is 27.3 Å². The molecule has 2 aromatic carbocycles. The molecule has 0 aliphatic heterocycles. The highest BCUT2D eigenvalue weighted by atomic mass is 32.1. The largest absolute Gasteiger partial charge is 0.277 e. The standard InChI is InChI=1S/C21H12FN5O2S/c22-17-6-4-13(5-7-17)19-12-30-21(25-19)15(10-23)8-16-11-24-26-20(16)14-2-1-3-18(9-14)27(28)29/h1-9,11-12H,(H,24,26). The quantitative estimate of drug-likeness (QED) is 0.269. The van der Waals surface area contributed by atoms with Crippen molar-refractivity contribution in [1.82, 2.24) is 15.2 Å². The number of aromatic nitrogens is 3. The third-order valence-corrected chi connectivity index (χ3v) is 5.18. The van der Waals surface area contributed by atoms with Crippen LogP contribution in [0.15, 0.2) is 60.1 Å². The van der Waals surface area contributed by atoms with E-state index in [1.807, 2.05) is 0 Å². The molecule has 1 N–H and O–H groups in total. The number of non-ortho nitro benzene ring substituents is 1. The number of benzene rings is 2. The third kappa shape index (κ3) is 3.85. The average Bonchev–Trinajstić information content (AvgIpc) is 3.42. The second-order valence-corrected chi connectivity index (χ2v) is 7.08. The molecule has 30 heavy (non-hydrogen) atoms. The Bertz CT molecular complexity index is 1300. The first kappa shape index (κ1) is 19.2. The molecule has 0 bridgehead atoms. The first-order valence-electron chi connectivity index (χ1n) is 8.67. The van der Waals surface area contributed by atoms with E-state index in [4.69, 9.17) is 0 Å². The molecular formula is C21H12FN5O2S. The molecule has 0 saturated heterocycles. The smallest absolute Gasteiger partial charge is 0.270 e. The first-order valence-corrected chi connectivity index (χ1v) is 9.55. The lowest BCUT2D eigenvalue weighted by atomic mass is 10.1. The maximum Gasteiger partial charge on any atom is 0.270 e. The fourth-order valence-electron chi connectivity index (χ4n) is 2.86. The number of aromatic amines is 1. The van der Waals surface area contributed by atoms with Crippen LogP contribution >= 0.6 is 11.3 Å². The van der Waals surface area contributed by atoms with E-state index in [-0.39, 0.29) is 11.5 Å². The number of thiazole rings is 1. The van der Waals surface area contributed by atoms with E-state index in [2.05, 4.69) is 21.3 Å². The van der Waals surface area contributed by atoms with Gasteiger partial charge in [0.1, 0.15) is 16.9 Å². The van der Waals surface area contributed by atoms with Crippen LogP contribution in [0.2, 0.25) is 0 Å². The lowest BCUT2D eigenvalue weighted by Crippen LogP contribution is -1.89. The molecule has 4 aromatic rings. The molecule has 0 spiro atoms. The van der Waals surface area contributed by atoms with Crippen LogP contribution in [-0.2, 0) is 0 Å². The van der Waals surface area contributed by atoms with Gasteiger partial charge in [0.05, 0.1) is 28.1 Å². The van der Waals surface area contributed by atoms with Gasteiger partial charge in [0, 0.05) is 34.2 Å². The number of allylic oxidation sites excluding steroid dienone is 1. The van der Waals surface area contributed by atoms with Crippen molar-refractivity contribution in [2.24, 2.45) is 0 Å². The number of rotatable bonds is 5.